The number of H-pyrrole nitrogens is 2. The Morgan fingerprint density at radius 3 is 1.59 bits per heavy atom. The number of amides is 15. The molecule has 2 aromatic heterocycles. The molecule has 0 saturated carbocycles. The zero-order valence-electron chi connectivity index (χ0n) is 81.5. The molecule has 4 saturated heterocycles. The lowest BCUT2D eigenvalue weighted by molar-refractivity contribution is -0.142. The summed E-state index contributed by atoms with van der Waals surface area (Å²) in [7, 11) is 1.51. The van der Waals surface area contributed by atoms with E-state index in [4.69, 9.17) is 16.2 Å². The predicted octanol–water partition coefficient (Wildman–Crippen LogP) is -3.68. The maximum absolute atomic E-state index is 15.8. The monoisotopic (exact) mass is 2060 g/mol. The number of carbonyl (C=O) groups is 19. The van der Waals surface area contributed by atoms with Gasteiger partial charge in [0.25, 0.3) is 0 Å². The summed E-state index contributed by atoms with van der Waals surface area (Å²) in [6.45, 7) is 6.53. The first kappa shape index (κ1) is 114. The van der Waals surface area contributed by atoms with Gasteiger partial charge in [0.1, 0.15) is 72.5 Å². The predicted molar refractivity (Wildman–Crippen MR) is 532 cm³/mol. The third kappa shape index (κ3) is 34.9. The largest absolute Gasteiger partial charge is 0.481 e. The molecule has 49 heteroatoms. The van der Waals surface area contributed by atoms with E-state index in [0.29, 0.717) is 39.4 Å². The Morgan fingerprint density at radius 1 is 0.524 bits per heavy atom. The van der Waals surface area contributed by atoms with E-state index >= 15 is 43.2 Å². The van der Waals surface area contributed by atoms with Crippen molar-refractivity contribution < 1.29 is 121 Å². The van der Waals surface area contributed by atoms with E-state index in [1.807, 2.05) is 0 Å². The van der Waals surface area contributed by atoms with Crippen molar-refractivity contribution in [2.24, 2.45) is 16.9 Å². The fraction of sp³-hybridized carbons (Fsp3) is 0.531. The number of primary amides is 2. The second-order valence-corrected chi connectivity index (χ2v) is 39.8. The highest BCUT2D eigenvalue weighted by atomic mass is 33.1. The van der Waals surface area contributed by atoms with Crippen molar-refractivity contribution in [3.05, 3.63) is 120 Å². The molecular weight excluding hydrogens is 1930 g/mol. The van der Waals surface area contributed by atoms with E-state index < -0.39 is 253 Å². The SMILES string of the molecule is CCC(C)(C)[C@H](NC(=O)[C@@H](NC(=O)[C@H](Cc1c[nH]c2ccccc12)NC(C)=O)[C@@H](C)O)C(=O)N[C@H]1CSSC[C@@H](C(=O)N[C@@H](Cc2c[nH]c3ccccc23)C(=O)N2CCC[C@H]2C(N)=O)NC(=O)[C@H](CC(=O)O)NC(=O)[C@H](CCCCNC(=O)CN2CCN(CC(=O)O)CCN(CC(=O)O)CCN(CC(=O)O)CC2)NC(=O)[C@H](Cc2ccc3ccccc3c2)NC(=O)[C@H](CC(N)=O)NC(=O)[C@H](CN2CCOCC2)NC1=O. The first-order valence-electron chi connectivity index (χ1n) is 48.1. The molecule has 788 valence electrons. The van der Waals surface area contributed by atoms with Crippen LogP contribution >= 0.6 is 21.6 Å². The van der Waals surface area contributed by atoms with Crippen molar-refractivity contribution in [1.29, 1.82) is 0 Å². The van der Waals surface area contributed by atoms with Gasteiger partial charge in [-0.1, -0.05) is 121 Å². The van der Waals surface area contributed by atoms with E-state index in [1.54, 1.807) is 149 Å². The van der Waals surface area contributed by atoms with Gasteiger partial charge in [0, 0.05) is 157 Å². The van der Waals surface area contributed by atoms with Gasteiger partial charge in [-0.25, -0.2) is 0 Å². The average Bonchev–Trinajstić information content (AvgIpc) is 1.56. The molecule has 10 rings (SSSR count). The van der Waals surface area contributed by atoms with Crippen molar-refractivity contribution in [3.8, 4) is 0 Å². The number of carboxylic acids is 4. The summed E-state index contributed by atoms with van der Waals surface area (Å²) in [5.41, 5.74) is 13.3. The van der Waals surface area contributed by atoms with E-state index in [0.717, 1.165) is 37.9 Å². The molecule has 13 atom stereocenters. The Labute approximate surface area is 843 Å². The Hall–Kier alpha value is -13.4. The van der Waals surface area contributed by atoms with Crippen LogP contribution in [0.2, 0.25) is 0 Å². The number of hydrogen-bond acceptors (Lipinski definition) is 28. The second-order valence-electron chi connectivity index (χ2n) is 37.2. The van der Waals surface area contributed by atoms with Crippen molar-refractivity contribution in [2.75, 3.05) is 136 Å². The highest BCUT2D eigenvalue weighted by molar-refractivity contribution is 8.76. The zero-order chi connectivity index (χ0) is 105. The minimum Gasteiger partial charge on any atom is -0.481 e. The van der Waals surface area contributed by atoms with Crippen LogP contribution in [0, 0.1) is 5.41 Å². The van der Waals surface area contributed by atoms with Crippen LogP contribution in [0.5, 0.6) is 0 Å². The van der Waals surface area contributed by atoms with Crippen LogP contribution in [0.3, 0.4) is 0 Å². The summed E-state index contributed by atoms with van der Waals surface area (Å²) < 4.78 is 5.64. The zero-order valence-corrected chi connectivity index (χ0v) is 83.1. The first-order chi connectivity index (χ1) is 69.1. The van der Waals surface area contributed by atoms with Crippen molar-refractivity contribution in [2.45, 2.75) is 184 Å². The second kappa shape index (κ2) is 55.0. The standard InChI is InChI=1S/C96H132N22O25S2/c1-6-96(4,5)83(112-93(140)82(55(2)119)111-89(136)68(102-56(3)120)42-60-46-100-64-20-11-9-18-62(60)64)94(141)110-74-54-145-144-53-73(91(138)107-71(95(142)118-27-15-23-75(118)84(98)131)43-61-47-101-65-21-12-10-19-63(61)65)109-88(135)70(45-78(123)124)106-85(132)66(22-13-14-26-99-77(122)49-113-28-30-114(50-79(125)126)32-34-116(52-81(129)130)35-33-115(31-29-113)51-80(127)128)103-86(133)67(41-57-24-25-58-16-7-8-17-59(58)40-57)104-87(134)69(44-76(97)121)105-90(137)72(108-92(74)139)48-117-36-38-143-39-37-117/h7-12,16-21,24-25,40,46-47,55,66-75,82-83,100-101,119H,6,13-15,22-23,26-39,41-45,48-54H2,1-5H3,(H2,97,121)(H2,98,131)(H,99,122)(H,102,120)(H,103,133)(H,104,134)(H,105,137)(H,106,132)(H,107,138)(H,108,139)(H,109,135)(H,110,141)(H,111,136)(H,112,140)(H,123,124)(H,125,126)(H,127,128)(H,129,130)/t55-,66+,67+,68+,69+,70+,71+,72+,73+,74+,75+,82+,83-/m1/s1. The molecular formula is C96H132N22O25S2. The summed E-state index contributed by atoms with van der Waals surface area (Å²) in [5, 5.41) is 85.9. The number of unbranched alkanes of at least 4 members (excludes halogenated alkanes) is 1. The van der Waals surface area contributed by atoms with E-state index in [-0.39, 0.29) is 143 Å². The van der Waals surface area contributed by atoms with Gasteiger partial charge in [-0.2, -0.15) is 0 Å². The summed E-state index contributed by atoms with van der Waals surface area (Å²) in [4.78, 5) is 287. The number of rotatable bonds is 39. The molecule has 0 unspecified atom stereocenters. The van der Waals surface area contributed by atoms with Gasteiger partial charge in [0.05, 0.1) is 58.3 Å². The fourth-order valence-electron chi connectivity index (χ4n) is 17.5. The number of benzene rings is 4. The fourth-order valence-corrected chi connectivity index (χ4v) is 19.9. The van der Waals surface area contributed by atoms with Gasteiger partial charge in [-0.15, -0.1) is 0 Å². The van der Waals surface area contributed by atoms with Crippen LogP contribution in [0.15, 0.2) is 103 Å². The average molecular weight is 2060 g/mol. The Morgan fingerprint density at radius 2 is 1.03 bits per heavy atom. The number of aromatic amines is 2. The lowest BCUT2D eigenvalue weighted by atomic mass is 9.81. The Bertz CT molecular complexity index is 5590. The van der Waals surface area contributed by atoms with Crippen LogP contribution in [0.1, 0.15) is 103 Å². The van der Waals surface area contributed by atoms with Gasteiger partial charge >= 0.3 is 23.9 Å². The third-order valence-corrected chi connectivity index (χ3v) is 28.3. The number of aliphatic carboxylic acids is 4. The number of carboxylic acid groups (broad SMARTS) is 4. The number of nitrogens with one attached hydrogen (secondary N) is 14. The van der Waals surface area contributed by atoms with Gasteiger partial charge < -0.3 is 120 Å². The summed E-state index contributed by atoms with van der Waals surface area (Å²) in [6, 6.07) is 5.40. The van der Waals surface area contributed by atoms with Gasteiger partial charge in [0.2, 0.25) is 88.6 Å². The molecule has 47 nitrogen and oxygen atoms in total. The molecule has 145 heavy (non-hydrogen) atoms. The van der Waals surface area contributed by atoms with Gasteiger partial charge in [-0.3, -0.25) is 116 Å². The number of nitrogens with two attached hydrogens (primary N) is 2. The summed E-state index contributed by atoms with van der Waals surface area (Å²) in [6.07, 6.45) is -1.31. The molecule has 0 spiro atoms. The van der Waals surface area contributed by atoms with Crippen molar-refractivity contribution in [3.63, 3.8) is 0 Å². The lowest BCUT2D eigenvalue weighted by Crippen LogP contribution is -2.64. The van der Waals surface area contributed by atoms with Crippen molar-refractivity contribution in [1.82, 2.24) is 103 Å². The number of aromatic nitrogens is 2. The summed E-state index contributed by atoms with van der Waals surface area (Å²) in [5.74, 6) is -21.8. The van der Waals surface area contributed by atoms with E-state index in [2.05, 4.69) is 73.8 Å². The Kier molecular flexibility index (Phi) is 43.1. The molecule has 4 fully saturated rings. The van der Waals surface area contributed by atoms with E-state index in [1.165, 1.54) is 18.7 Å². The number of nitrogens with zero attached hydrogens (tertiary/aromatic N) is 6. The number of aliphatic hydroxyl groups excluding tert-OH is 1. The van der Waals surface area contributed by atoms with Gasteiger partial charge in [-0.05, 0) is 90.5 Å². The topological polar surface area (TPSA) is 682 Å². The maximum Gasteiger partial charge on any atom is 0.317 e. The first-order valence-corrected chi connectivity index (χ1v) is 50.6. The van der Waals surface area contributed by atoms with Crippen LogP contribution < -0.4 is 75.3 Å². The molecule has 4 aliphatic heterocycles. The normalized spacial score (nSPS) is 21.5. The summed E-state index contributed by atoms with van der Waals surface area (Å²) >= 11 is 0. The molecule has 4 aliphatic rings. The molecule has 0 radical (unpaired) electrons. The number of morpholine rings is 1. The highest BCUT2D eigenvalue weighted by Crippen LogP contribution is 2.30. The highest BCUT2D eigenvalue weighted by Gasteiger charge is 2.44. The smallest absolute Gasteiger partial charge is 0.317 e. The van der Waals surface area contributed by atoms with Crippen LogP contribution in [0.4, 0.5) is 0 Å². The van der Waals surface area contributed by atoms with E-state index in [9.17, 15) is 73.5 Å². The molecule has 0 aliphatic carbocycles. The number of ether oxygens (including phenoxy) is 1. The maximum atomic E-state index is 15.8. The number of fused-ring (bicyclic) bond motifs is 3. The molecule has 6 aromatic rings. The quantitative estimate of drug-likeness (QED) is 0.0131. The number of carbonyl (C=O) groups excluding carboxylic acids is 15. The molecule has 6 heterocycles. The third-order valence-electron chi connectivity index (χ3n) is 25.9. The molecule has 15 amide bonds. The number of likely N-dealkylation sites (tertiary alicyclic amines) is 1. The Balaban J connectivity index is 1.02. The molecule has 0 bridgehead atoms. The number of hydrogen-bond donors (Lipinski definition) is 21. The number of aliphatic hydroxyl groups is 1. The van der Waals surface area contributed by atoms with Crippen LogP contribution in [0.25, 0.3) is 32.6 Å². The van der Waals surface area contributed by atoms with Crippen LogP contribution in [-0.2, 0) is 115 Å². The molecule has 4 aromatic carbocycles. The number of para-hydroxylation sites is 2. The van der Waals surface area contributed by atoms with Crippen LogP contribution in [-0.4, -0.2) is 392 Å². The minimum absolute atomic E-state index is 0.0150. The van der Waals surface area contributed by atoms with Gasteiger partial charge in [0.15, 0.2) is 0 Å². The minimum atomic E-state index is -2.18. The molecule has 23 N–H and O–H groups in total. The lowest BCUT2D eigenvalue weighted by Gasteiger charge is -2.36. The van der Waals surface area contributed by atoms with Crippen molar-refractivity contribution >= 4 is 167 Å².